The van der Waals surface area contributed by atoms with Gasteiger partial charge in [-0.05, 0) is 28.1 Å². The Balaban J connectivity index is 2.93. The Bertz CT molecular complexity index is 529. The van der Waals surface area contributed by atoms with Gasteiger partial charge in [-0.2, -0.15) is 4.31 Å². The Morgan fingerprint density at radius 1 is 1.56 bits per heavy atom. The number of hydrogen-bond donors (Lipinski definition) is 1. The van der Waals surface area contributed by atoms with E-state index in [4.69, 9.17) is 5.11 Å². The topological polar surface area (TPSA) is 87.6 Å². The number of sulfonamides is 1. The summed E-state index contributed by atoms with van der Waals surface area (Å²) in [5.41, 5.74) is 0. The predicted octanol–water partition coefficient (Wildman–Crippen LogP) is 1.19. The maximum Gasteiger partial charge on any atom is 0.307 e. The quantitative estimate of drug-likeness (QED) is 0.872. The van der Waals surface area contributed by atoms with Crippen molar-refractivity contribution in [1.82, 2.24) is 9.29 Å². The lowest BCUT2D eigenvalue weighted by Crippen LogP contribution is -2.34. The molecule has 1 unspecified atom stereocenters. The third-order valence-corrected chi connectivity index (χ3v) is 4.54. The molecule has 1 aromatic heterocycles. The first kappa shape index (κ1) is 15.1. The summed E-state index contributed by atoms with van der Waals surface area (Å²) in [5.74, 6) is -1.82. The number of pyridine rings is 1. The van der Waals surface area contributed by atoms with E-state index < -0.39 is 21.9 Å². The summed E-state index contributed by atoms with van der Waals surface area (Å²) in [6.45, 7) is 1.35. The Kier molecular flexibility index (Phi) is 4.83. The summed E-state index contributed by atoms with van der Waals surface area (Å²) in [7, 11) is -2.41. The second-order valence-corrected chi connectivity index (χ2v) is 6.75. The molecule has 0 aliphatic heterocycles. The van der Waals surface area contributed by atoms with E-state index in [2.05, 4.69) is 20.9 Å². The van der Waals surface area contributed by atoms with Crippen molar-refractivity contribution in [2.75, 3.05) is 13.6 Å². The van der Waals surface area contributed by atoms with Crippen LogP contribution in [0.4, 0.5) is 0 Å². The van der Waals surface area contributed by atoms with Crippen molar-refractivity contribution in [3.05, 3.63) is 22.8 Å². The first-order valence-electron chi connectivity index (χ1n) is 5.06. The average molecular weight is 337 g/mol. The van der Waals surface area contributed by atoms with E-state index in [0.717, 1.165) is 4.31 Å². The molecule has 1 rings (SSSR count). The van der Waals surface area contributed by atoms with Gasteiger partial charge in [-0.15, -0.1) is 0 Å². The summed E-state index contributed by atoms with van der Waals surface area (Å²) >= 11 is 3.16. The van der Waals surface area contributed by atoms with Crippen molar-refractivity contribution in [3.63, 3.8) is 0 Å². The first-order valence-corrected chi connectivity index (χ1v) is 7.29. The number of aromatic nitrogens is 1. The van der Waals surface area contributed by atoms with Gasteiger partial charge in [-0.25, -0.2) is 13.4 Å². The molecule has 6 nitrogen and oxygen atoms in total. The van der Waals surface area contributed by atoms with E-state index in [-0.39, 0.29) is 11.6 Å². The third kappa shape index (κ3) is 3.50. The zero-order valence-electron chi connectivity index (χ0n) is 9.87. The number of halogens is 1. The third-order valence-electron chi connectivity index (χ3n) is 2.33. The highest BCUT2D eigenvalue weighted by atomic mass is 79.9. The van der Waals surface area contributed by atoms with Crippen LogP contribution in [0.5, 0.6) is 0 Å². The van der Waals surface area contributed by atoms with Gasteiger partial charge in [-0.1, -0.05) is 6.92 Å². The van der Waals surface area contributed by atoms with Gasteiger partial charge < -0.3 is 5.11 Å². The van der Waals surface area contributed by atoms with Crippen LogP contribution in [-0.2, 0) is 14.8 Å². The van der Waals surface area contributed by atoms with Gasteiger partial charge in [0.25, 0.3) is 10.0 Å². The highest BCUT2D eigenvalue weighted by Gasteiger charge is 2.25. The number of carboxylic acids is 1. The fourth-order valence-corrected chi connectivity index (χ4v) is 2.64. The molecule has 0 fully saturated rings. The summed E-state index contributed by atoms with van der Waals surface area (Å²) in [6.07, 6.45) is 1.38. The SMILES string of the molecule is CC(CN(C)S(=O)(=O)c1ccc(Br)cn1)C(=O)O. The molecule has 0 saturated heterocycles. The van der Waals surface area contributed by atoms with Gasteiger partial charge in [0.1, 0.15) is 0 Å². The van der Waals surface area contributed by atoms with Crippen LogP contribution >= 0.6 is 15.9 Å². The molecule has 1 heterocycles. The number of carboxylic acid groups (broad SMARTS) is 1. The fourth-order valence-electron chi connectivity index (χ4n) is 1.24. The van der Waals surface area contributed by atoms with Crippen LogP contribution in [0, 0.1) is 5.92 Å². The first-order chi connectivity index (χ1) is 8.25. The smallest absolute Gasteiger partial charge is 0.307 e. The molecule has 1 N–H and O–H groups in total. The van der Waals surface area contributed by atoms with Gasteiger partial charge in [0.15, 0.2) is 5.03 Å². The molecule has 8 heteroatoms. The molecule has 1 aromatic rings. The molecule has 1 atom stereocenters. The van der Waals surface area contributed by atoms with Gasteiger partial charge in [0, 0.05) is 24.3 Å². The molecule has 100 valence electrons. The molecule has 18 heavy (non-hydrogen) atoms. The maximum atomic E-state index is 12.1. The van der Waals surface area contributed by atoms with Crippen LogP contribution in [0.15, 0.2) is 27.8 Å². The van der Waals surface area contributed by atoms with Crippen molar-refractivity contribution in [3.8, 4) is 0 Å². The van der Waals surface area contributed by atoms with Crippen LogP contribution in [0.1, 0.15) is 6.92 Å². The standard InChI is InChI=1S/C10H13BrN2O4S/c1-7(10(14)15)6-13(2)18(16,17)9-4-3-8(11)5-12-9/h3-5,7H,6H2,1-2H3,(H,14,15). The summed E-state index contributed by atoms with van der Waals surface area (Å²) in [5, 5.41) is 8.65. The van der Waals surface area contributed by atoms with Crippen LogP contribution < -0.4 is 0 Å². The number of hydrogen-bond acceptors (Lipinski definition) is 4. The van der Waals surface area contributed by atoms with E-state index >= 15 is 0 Å². The highest BCUT2D eigenvalue weighted by Crippen LogP contribution is 2.15. The molecular weight excluding hydrogens is 324 g/mol. The maximum absolute atomic E-state index is 12.1. The summed E-state index contributed by atoms with van der Waals surface area (Å²) < 4.78 is 25.8. The highest BCUT2D eigenvalue weighted by molar-refractivity contribution is 9.10. The molecule has 0 amide bonds. The van der Waals surface area contributed by atoms with Crippen molar-refractivity contribution in [1.29, 1.82) is 0 Å². The van der Waals surface area contributed by atoms with Crippen LogP contribution in [-0.4, -0.2) is 42.4 Å². The lowest BCUT2D eigenvalue weighted by atomic mass is 10.2. The Morgan fingerprint density at radius 3 is 2.61 bits per heavy atom. The van der Waals surface area contributed by atoms with Crippen molar-refractivity contribution >= 4 is 31.9 Å². The zero-order valence-corrected chi connectivity index (χ0v) is 12.3. The van der Waals surface area contributed by atoms with E-state index in [0.29, 0.717) is 4.47 Å². The fraction of sp³-hybridized carbons (Fsp3) is 0.400. The second-order valence-electron chi connectivity index (χ2n) is 3.84. The van der Waals surface area contributed by atoms with Crippen LogP contribution in [0.3, 0.4) is 0 Å². The number of aliphatic carboxylic acids is 1. The molecule has 0 aliphatic rings. The Labute approximate surface area is 114 Å². The van der Waals surface area contributed by atoms with Gasteiger partial charge >= 0.3 is 5.97 Å². The van der Waals surface area contributed by atoms with Crippen molar-refractivity contribution < 1.29 is 18.3 Å². The zero-order chi connectivity index (χ0) is 13.9. The minimum Gasteiger partial charge on any atom is -0.481 e. The minimum absolute atomic E-state index is 0.102. The van der Waals surface area contributed by atoms with Crippen LogP contribution in [0.2, 0.25) is 0 Å². The van der Waals surface area contributed by atoms with E-state index in [1.165, 1.54) is 26.2 Å². The molecule has 0 spiro atoms. The van der Waals surface area contributed by atoms with Crippen molar-refractivity contribution in [2.24, 2.45) is 5.92 Å². The lowest BCUT2D eigenvalue weighted by Gasteiger charge is -2.18. The summed E-state index contributed by atoms with van der Waals surface area (Å²) in [4.78, 5) is 14.5. The van der Waals surface area contributed by atoms with Crippen LogP contribution in [0.25, 0.3) is 0 Å². The molecule has 0 aliphatic carbocycles. The monoisotopic (exact) mass is 336 g/mol. The largest absolute Gasteiger partial charge is 0.481 e. The molecule has 0 bridgehead atoms. The lowest BCUT2D eigenvalue weighted by molar-refractivity contribution is -0.141. The van der Waals surface area contributed by atoms with E-state index in [1.54, 1.807) is 6.07 Å². The normalized spacial score (nSPS) is 13.6. The molecule has 0 saturated carbocycles. The minimum atomic E-state index is -3.75. The Hall–Kier alpha value is -0.990. The van der Waals surface area contributed by atoms with E-state index in [1.807, 2.05) is 0 Å². The summed E-state index contributed by atoms with van der Waals surface area (Å²) in [6, 6.07) is 2.93. The van der Waals surface area contributed by atoms with Gasteiger partial charge in [0.2, 0.25) is 0 Å². The number of rotatable bonds is 5. The molecule has 0 aromatic carbocycles. The average Bonchev–Trinajstić information content (AvgIpc) is 2.29. The number of carbonyl (C=O) groups is 1. The second kappa shape index (κ2) is 5.77. The van der Waals surface area contributed by atoms with Crippen molar-refractivity contribution in [2.45, 2.75) is 11.9 Å². The molecular formula is C10H13BrN2O4S. The number of nitrogens with zero attached hydrogens (tertiary/aromatic N) is 2. The molecule has 0 radical (unpaired) electrons. The predicted molar refractivity (Wildman–Crippen MR) is 68.6 cm³/mol. The van der Waals surface area contributed by atoms with Gasteiger partial charge in [-0.3, -0.25) is 4.79 Å². The Morgan fingerprint density at radius 2 is 2.17 bits per heavy atom. The van der Waals surface area contributed by atoms with Gasteiger partial charge in [0.05, 0.1) is 5.92 Å². The van der Waals surface area contributed by atoms with E-state index in [9.17, 15) is 13.2 Å².